The lowest BCUT2D eigenvalue weighted by Crippen LogP contribution is -2.49. The molecule has 0 saturated carbocycles. The standard InChI is InChI=1S/C27H29N3O3S/c1-3-19-7-4-5-8-22(19)29-24(31)17-28-27(33)21-14-15-25(32)30(20-12-10-18(2)11-13-20)26(21)23-9-6-16-34-23/h4-13,16,21,26H,3,14-15,17H2,1-2H3,(H,28,33)(H,29,31). The third-order valence-corrected chi connectivity index (χ3v) is 7.12. The maximum Gasteiger partial charge on any atom is 0.243 e. The summed E-state index contributed by atoms with van der Waals surface area (Å²) in [6, 6.07) is 18.9. The van der Waals surface area contributed by atoms with Crippen LogP contribution >= 0.6 is 11.3 Å². The molecule has 2 heterocycles. The highest BCUT2D eigenvalue weighted by Crippen LogP contribution is 2.41. The highest BCUT2D eigenvalue weighted by molar-refractivity contribution is 7.10. The number of aryl methyl sites for hydroxylation is 2. The summed E-state index contributed by atoms with van der Waals surface area (Å²) < 4.78 is 0. The molecule has 7 heteroatoms. The van der Waals surface area contributed by atoms with Gasteiger partial charge < -0.3 is 15.5 Å². The lowest BCUT2D eigenvalue weighted by Gasteiger charge is -2.40. The fourth-order valence-corrected chi connectivity index (χ4v) is 5.29. The molecule has 1 aliphatic heterocycles. The third kappa shape index (κ3) is 5.20. The molecule has 0 radical (unpaired) electrons. The zero-order valence-corrected chi connectivity index (χ0v) is 20.2. The van der Waals surface area contributed by atoms with Gasteiger partial charge in [-0.1, -0.05) is 48.9 Å². The van der Waals surface area contributed by atoms with E-state index in [1.165, 1.54) is 11.3 Å². The Kier molecular flexibility index (Phi) is 7.43. The van der Waals surface area contributed by atoms with Crippen molar-refractivity contribution in [3.63, 3.8) is 0 Å². The summed E-state index contributed by atoms with van der Waals surface area (Å²) >= 11 is 1.53. The Morgan fingerprint density at radius 1 is 1.06 bits per heavy atom. The van der Waals surface area contributed by atoms with Gasteiger partial charge in [0.15, 0.2) is 0 Å². The third-order valence-electron chi connectivity index (χ3n) is 6.18. The van der Waals surface area contributed by atoms with Crippen molar-refractivity contribution in [2.75, 3.05) is 16.8 Å². The molecular weight excluding hydrogens is 446 g/mol. The molecule has 4 rings (SSSR count). The van der Waals surface area contributed by atoms with Crippen molar-refractivity contribution in [1.29, 1.82) is 0 Å². The topological polar surface area (TPSA) is 78.5 Å². The van der Waals surface area contributed by atoms with Crippen LogP contribution in [0.1, 0.15) is 41.8 Å². The van der Waals surface area contributed by atoms with E-state index in [4.69, 9.17) is 0 Å². The van der Waals surface area contributed by atoms with Crippen LogP contribution in [0.4, 0.5) is 11.4 Å². The predicted molar refractivity (Wildman–Crippen MR) is 136 cm³/mol. The zero-order valence-electron chi connectivity index (χ0n) is 19.4. The fourth-order valence-electron chi connectivity index (χ4n) is 4.41. The monoisotopic (exact) mass is 475 g/mol. The molecule has 1 aromatic heterocycles. The smallest absolute Gasteiger partial charge is 0.243 e. The van der Waals surface area contributed by atoms with Gasteiger partial charge in [-0.2, -0.15) is 0 Å². The summed E-state index contributed by atoms with van der Waals surface area (Å²) in [5.74, 6) is -0.945. The van der Waals surface area contributed by atoms with E-state index in [-0.39, 0.29) is 30.7 Å². The lowest BCUT2D eigenvalue weighted by atomic mass is 9.86. The van der Waals surface area contributed by atoms with Crippen molar-refractivity contribution in [2.24, 2.45) is 5.92 Å². The second-order valence-corrected chi connectivity index (χ2v) is 9.46. The zero-order chi connectivity index (χ0) is 24.1. The number of para-hydroxylation sites is 1. The molecule has 6 nitrogen and oxygen atoms in total. The van der Waals surface area contributed by atoms with Gasteiger partial charge in [-0.3, -0.25) is 14.4 Å². The van der Waals surface area contributed by atoms with Crippen LogP contribution in [0, 0.1) is 12.8 Å². The van der Waals surface area contributed by atoms with Crippen molar-refractivity contribution in [3.05, 3.63) is 82.0 Å². The molecule has 3 aromatic rings. The van der Waals surface area contributed by atoms with Crippen LogP contribution < -0.4 is 15.5 Å². The Hall–Kier alpha value is -3.45. The first-order valence-electron chi connectivity index (χ1n) is 11.6. The summed E-state index contributed by atoms with van der Waals surface area (Å²) in [6.07, 6.45) is 1.52. The van der Waals surface area contributed by atoms with Crippen molar-refractivity contribution in [2.45, 2.75) is 39.2 Å². The Labute approximate surface area is 204 Å². The van der Waals surface area contributed by atoms with E-state index in [0.29, 0.717) is 6.42 Å². The quantitative estimate of drug-likeness (QED) is 0.512. The average molecular weight is 476 g/mol. The largest absolute Gasteiger partial charge is 0.347 e. The number of rotatable bonds is 7. The van der Waals surface area contributed by atoms with Crippen LogP contribution in [0.25, 0.3) is 0 Å². The summed E-state index contributed by atoms with van der Waals surface area (Å²) in [5, 5.41) is 7.66. The number of hydrogen-bond acceptors (Lipinski definition) is 4. The Morgan fingerprint density at radius 3 is 2.53 bits per heavy atom. The van der Waals surface area contributed by atoms with Crippen molar-refractivity contribution < 1.29 is 14.4 Å². The van der Waals surface area contributed by atoms with Crippen molar-refractivity contribution >= 4 is 40.4 Å². The average Bonchev–Trinajstić information content (AvgIpc) is 3.38. The molecule has 34 heavy (non-hydrogen) atoms. The lowest BCUT2D eigenvalue weighted by molar-refractivity contribution is -0.130. The summed E-state index contributed by atoms with van der Waals surface area (Å²) in [4.78, 5) is 41.6. The van der Waals surface area contributed by atoms with Crippen LogP contribution in [-0.2, 0) is 20.8 Å². The number of piperidine rings is 1. The van der Waals surface area contributed by atoms with Gasteiger partial charge in [0.05, 0.1) is 18.5 Å². The van der Waals surface area contributed by atoms with Crippen LogP contribution in [0.15, 0.2) is 66.0 Å². The van der Waals surface area contributed by atoms with E-state index in [1.807, 2.05) is 79.9 Å². The number of carbonyl (C=O) groups is 3. The van der Waals surface area contributed by atoms with Gasteiger partial charge in [0.1, 0.15) is 0 Å². The van der Waals surface area contributed by atoms with E-state index in [0.717, 1.165) is 33.8 Å². The molecule has 176 valence electrons. The molecule has 1 aliphatic rings. The summed E-state index contributed by atoms with van der Waals surface area (Å²) in [7, 11) is 0. The normalized spacial score (nSPS) is 17.9. The number of hydrogen-bond donors (Lipinski definition) is 2. The highest BCUT2D eigenvalue weighted by Gasteiger charge is 2.42. The molecule has 1 saturated heterocycles. The summed E-state index contributed by atoms with van der Waals surface area (Å²) in [5.41, 5.74) is 3.68. The summed E-state index contributed by atoms with van der Waals surface area (Å²) in [6.45, 7) is 3.91. The van der Waals surface area contributed by atoms with Gasteiger partial charge in [-0.15, -0.1) is 11.3 Å². The molecular formula is C27H29N3O3S. The molecule has 2 N–H and O–H groups in total. The van der Waals surface area contributed by atoms with Crippen molar-refractivity contribution in [3.8, 4) is 0 Å². The van der Waals surface area contributed by atoms with E-state index < -0.39 is 12.0 Å². The van der Waals surface area contributed by atoms with Crippen LogP contribution in [0.3, 0.4) is 0 Å². The molecule has 0 aliphatic carbocycles. The first-order valence-corrected chi connectivity index (χ1v) is 12.4. The SMILES string of the molecule is CCc1ccccc1NC(=O)CNC(=O)C1CCC(=O)N(c2ccc(C)cc2)C1c1cccs1. The van der Waals surface area contributed by atoms with E-state index >= 15 is 0 Å². The van der Waals surface area contributed by atoms with E-state index in [1.54, 1.807) is 4.90 Å². The number of amides is 3. The molecule has 1 fully saturated rings. The number of nitrogens with one attached hydrogen (secondary N) is 2. The minimum absolute atomic E-state index is 0.000203. The fraction of sp³-hybridized carbons (Fsp3) is 0.296. The number of benzene rings is 2. The second kappa shape index (κ2) is 10.7. The Morgan fingerprint density at radius 2 is 1.82 bits per heavy atom. The molecule has 2 unspecified atom stereocenters. The maximum absolute atomic E-state index is 13.3. The van der Waals surface area contributed by atoms with Gasteiger partial charge >= 0.3 is 0 Å². The predicted octanol–water partition coefficient (Wildman–Crippen LogP) is 4.86. The molecule has 0 bridgehead atoms. The van der Waals surface area contributed by atoms with Gasteiger partial charge in [-0.25, -0.2) is 0 Å². The van der Waals surface area contributed by atoms with Gasteiger partial charge in [0, 0.05) is 22.7 Å². The first kappa shape index (κ1) is 23.7. The number of nitrogens with zero attached hydrogens (tertiary/aromatic N) is 1. The second-order valence-electron chi connectivity index (χ2n) is 8.48. The van der Waals surface area contributed by atoms with Crippen LogP contribution in [0.5, 0.6) is 0 Å². The molecule has 0 spiro atoms. The number of anilines is 2. The first-order chi connectivity index (χ1) is 16.5. The van der Waals surface area contributed by atoms with E-state index in [2.05, 4.69) is 10.6 Å². The van der Waals surface area contributed by atoms with Crippen LogP contribution in [-0.4, -0.2) is 24.3 Å². The van der Waals surface area contributed by atoms with Crippen LogP contribution in [0.2, 0.25) is 0 Å². The minimum atomic E-state index is -0.451. The van der Waals surface area contributed by atoms with Gasteiger partial charge in [0.2, 0.25) is 17.7 Å². The van der Waals surface area contributed by atoms with Gasteiger partial charge in [-0.05, 0) is 55.0 Å². The maximum atomic E-state index is 13.3. The van der Waals surface area contributed by atoms with E-state index in [9.17, 15) is 14.4 Å². The van der Waals surface area contributed by atoms with Gasteiger partial charge in [0.25, 0.3) is 0 Å². The number of thiophene rings is 1. The molecule has 2 atom stereocenters. The van der Waals surface area contributed by atoms with Crippen molar-refractivity contribution in [1.82, 2.24) is 5.32 Å². The Balaban J connectivity index is 1.51. The molecule has 2 aromatic carbocycles. The minimum Gasteiger partial charge on any atom is -0.347 e. The highest BCUT2D eigenvalue weighted by atomic mass is 32.1. The Bertz CT molecular complexity index is 1160. The molecule has 3 amide bonds. The number of carbonyl (C=O) groups excluding carboxylic acids is 3.